The Hall–Kier alpha value is -12.6. The molecule has 0 atom stereocenters. The summed E-state index contributed by atoms with van der Waals surface area (Å²) >= 11 is 0. The van der Waals surface area contributed by atoms with E-state index in [0.29, 0.717) is 23.3 Å². The lowest BCUT2D eigenvalue weighted by molar-refractivity contribution is 1.07. The first-order chi connectivity index (χ1) is 46.6. The van der Waals surface area contributed by atoms with Gasteiger partial charge in [-0.15, -0.1) is 0 Å². The fourth-order valence-corrected chi connectivity index (χ4v) is 14.2. The molecule has 0 unspecified atom stereocenters. The van der Waals surface area contributed by atoms with Gasteiger partial charge in [-0.2, -0.15) is 0 Å². The van der Waals surface area contributed by atoms with Gasteiger partial charge < -0.3 is 14.4 Å². The molecule has 438 valence electrons. The van der Waals surface area contributed by atoms with Crippen LogP contribution < -0.4 is 26.2 Å². The van der Waals surface area contributed by atoms with Gasteiger partial charge in [0.2, 0.25) is 0 Å². The first-order valence-corrected chi connectivity index (χ1v) is 31.8. The number of aromatic nitrogens is 6. The Morgan fingerprint density at radius 2 is 0.670 bits per heavy atom. The highest BCUT2D eigenvalue weighted by molar-refractivity contribution is 7.00. The number of hydrogen-bond donors (Lipinski definition) is 0. The van der Waals surface area contributed by atoms with Gasteiger partial charge in [-0.05, 0) is 112 Å². The van der Waals surface area contributed by atoms with E-state index in [-0.39, 0.29) is 6.71 Å². The molecule has 2 aliphatic rings. The number of para-hydroxylation sites is 5. The van der Waals surface area contributed by atoms with Crippen molar-refractivity contribution >= 4 is 79.0 Å². The number of rotatable bonds is 11. The van der Waals surface area contributed by atoms with Gasteiger partial charge in [0.15, 0.2) is 23.3 Å². The van der Waals surface area contributed by atoms with Crippen molar-refractivity contribution in [2.45, 2.75) is 0 Å². The summed E-state index contributed by atoms with van der Waals surface area (Å²) in [6.45, 7) is -0.0218. The minimum absolute atomic E-state index is 0.0218. The number of nitrogens with zero attached hydrogens (tertiary/aromatic N) is 8. The molecule has 0 aliphatic carbocycles. The predicted molar refractivity (Wildman–Crippen MR) is 387 cm³/mol. The standard InChI is InChI=1S/C85H55BN8/c1-7-25-58(26-8-1)72-55-73(88-82(87-72)59-27-9-2-10-28-59)62-47-50-75(94-74-40-22-19-37-67(74)69-54-63(48-51-76(69)94)85-90-83(60-29-11-3-12-30-60)89-84(91-85)61-31-13-4-14-32-61)68(53-62)57-45-43-56(44-46-57)66-49-52-79-80-81(66)93(65-35-17-6-18-36-65)78-42-24-21-39-71(78)86(80)70-38-20-23-41-77(70)92(79)64-33-15-5-16-34-64/h1-55H. The third kappa shape index (κ3) is 9.28. The first kappa shape index (κ1) is 54.4. The molecule has 13 aromatic carbocycles. The van der Waals surface area contributed by atoms with E-state index in [2.05, 4.69) is 263 Å². The lowest BCUT2D eigenvalue weighted by atomic mass is 9.33. The first-order valence-electron chi connectivity index (χ1n) is 31.8. The van der Waals surface area contributed by atoms with Gasteiger partial charge in [0.25, 0.3) is 6.71 Å². The zero-order valence-electron chi connectivity index (χ0n) is 50.9. The van der Waals surface area contributed by atoms with Crippen LogP contribution in [0.2, 0.25) is 0 Å². The maximum absolute atomic E-state index is 5.38. The molecule has 18 rings (SSSR count). The van der Waals surface area contributed by atoms with E-state index in [9.17, 15) is 0 Å². The summed E-state index contributed by atoms with van der Waals surface area (Å²) in [4.78, 5) is 30.9. The van der Waals surface area contributed by atoms with Crippen LogP contribution in [0.1, 0.15) is 0 Å². The Morgan fingerprint density at radius 3 is 1.27 bits per heavy atom. The van der Waals surface area contributed by atoms with Crippen molar-refractivity contribution in [1.29, 1.82) is 0 Å². The highest BCUT2D eigenvalue weighted by atomic mass is 15.2. The van der Waals surface area contributed by atoms with Gasteiger partial charge in [0, 0.05) is 83.7 Å². The third-order valence-electron chi connectivity index (χ3n) is 18.5. The molecular weight excluding hydrogens is 1140 g/mol. The van der Waals surface area contributed by atoms with Gasteiger partial charge in [-0.3, -0.25) is 0 Å². The molecule has 0 amide bonds. The van der Waals surface area contributed by atoms with Crippen LogP contribution in [0, 0.1) is 0 Å². The molecule has 0 N–H and O–H groups in total. The Labute approximate surface area is 544 Å². The topological polar surface area (TPSA) is 75.9 Å². The molecule has 9 heteroatoms. The molecule has 0 fully saturated rings. The van der Waals surface area contributed by atoms with Gasteiger partial charge in [0.05, 0.1) is 33.8 Å². The molecule has 8 nitrogen and oxygen atoms in total. The minimum Gasteiger partial charge on any atom is -0.311 e. The molecule has 0 saturated carbocycles. The molecule has 2 aliphatic heterocycles. The number of hydrogen-bond acceptors (Lipinski definition) is 7. The third-order valence-corrected chi connectivity index (χ3v) is 18.5. The second kappa shape index (κ2) is 22.7. The maximum Gasteiger partial charge on any atom is 0.252 e. The SMILES string of the molecule is c1ccc(-c2cc(-c3ccc(-n4c5ccccc5c5cc(-c6nc(-c7ccccc7)nc(-c7ccccc7)n6)ccc54)c(-c4ccc(-c5ccc6c7c5N(c5ccccc5)c5ccccc5B7c5ccccc5N6c5ccccc5)cc4)c3)nc(-c3ccccc3)n2)cc1. The van der Waals surface area contributed by atoms with E-state index >= 15 is 0 Å². The second-order valence-corrected chi connectivity index (χ2v) is 23.9. The Bertz CT molecular complexity index is 5430. The van der Waals surface area contributed by atoms with Crippen molar-refractivity contribution < 1.29 is 0 Å². The number of anilines is 6. The van der Waals surface area contributed by atoms with Crippen molar-refractivity contribution in [3.05, 3.63) is 334 Å². The lowest BCUT2D eigenvalue weighted by Gasteiger charge is -2.45. The number of fused-ring (bicyclic) bond motifs is 7. The Morgan fingerprint density at radius 1 is 0.245 bits per heavy atom. The Balaban J connectivity index is 0.841. The summed E-state index contributed by atoms with van der Waals surface area (Å²) in [6.07, 6.45) is 0. The fourth-order valence-electron chi connectivity index (χ4n) is 14.2. The molecule has 5 heterocycles. The summed E-state index contributed by atoms with van der Waals surface area (Å²) in [6, 6.07) is 119. The van der Waals surface area contributed by atoms with Crippen LogP contribution in [0.4, 0.5) is 34.1 Å². The molecule has 0 spiro atoms. The van der Waals surface area contributed by atoms with Crippen molar-refractivity contribution in [3.63, 3.8) is 0 Å². The monoisotopic (exact) mass is 1200 g/mol. The predicted octanol–water partition coefficient (Wildman–Crippen LogP) is 19.2. The summed E-state index contributed by atoms with van der Waals surface area (Å²) in [7, 11) is 0. The van der Waals surface area contributed by atoms with Crippen LogP contribution in [-0.2, 0) is 0 Å². The lowest BCUT2D eigenvalue weighted by Crippen LogP contribution is -2.61. The van der Waals surface area contributed by atoms with Crippen LogP contribution in [0.5, 0.6) is 0 Å². The quantitative estimate of drug-likeness (QED) is 0.119. The van der Waals surface area contributed by atoms with Crippen LogP contribution in [-0.4, -0.2) is 36.2 Å². The van der Waals surface area contributed by atoms with Gasteiger partial charge >= 0.3 is 0 Å². The maximum atomic E-state index is 5.38. The smallest absolute Gasteiger partial charge is 0.252 e. The van der Waals surface area contributed by atoms with Crippen LogP contribution in [0.15, 0.2) is 334 Å². The molecule has 94 heavy (non-hydrogen) atoms. The van der Waals surface area contributed by atoms with Crippen molar-refractivity contribution in [2.24, 2.45) is 0 Å². The summed E-state index contributed by atoms with van der Waals surface area (Å²) < 4.78 is 2.42. The summed E-state index contributed by atoms with van der Waals surface area (Å²) in [5.41, 5.74) is 25.5. The average Bonchev–Trinajstić information content (AvgIpc) is 0.823. The fraction of sp³-hybridized carbons (Fsp3) is 0. The molecule has 0 radical (unpaired) electrons. The molecule has 0 bridgehead atoms. The summed E-state index contributed by atoms with van der Waals surface area (Å²) in [5.74, 6) is 2.50. The van der Waals surface area contributed by atoms with E-state index in [1.165, 1.54) is 33.5 Å². The van der Waals surface area contributed by atoms with Crippen LogP contribution in [0.3, 0.4) is 0 Å². The summed E-state index contributed by atoms with van der Waals surface area (Å²) in [5, 5.41) is 2.19. The molecule has 16 aromatic rings. The normalized spacial score (nSPS) is 12.2. The highest BCUT2D eigenvalue weighted by Crippen LogP contribution is 2.49. The zero-order valence-corrected chi connectivity index (χ0v) is 50.9. The molecule has 3 aromatic heterocycles. The molecular formula is C85H55BN8. The highest BCUT2D eigenvalue weighted by Gasteiger charge is 2.44. The van der Waals surface area contributed by atoms with Crippen LogP contribution >= 0.6 is 0 Å². The van der Waals surface area contributed by atoms with Crippen molar-refractivity contribution in [1.82, 2.24) is 29.5 Å². The van der Waals surface area contributed by atoms with Crippen molar-refractivity contribution in [2.75, 3.05) is 9.80 Å². The molecule has 0 saturated heterocycles. The van der Waals surface area contributed by atoms with Gasteiger partial charge in [-0.1, -0.05) is 249 Å². The largest absolute Gasteiger partial charge is 0.311 e. The van der Waals surface area contributed by atoms with Gasteiger partial charge in [0.1, 0.15) is 0 Å². The van der Waals surface area contributed by atoms with E-state index < -0.39 is 0 Å². The number of benzene rings is 13. The average molecular weight is 1200 g/mol. The Kier molecular flexibility index (Phi) is 13.1. The van der Waals surface area contributed by atoms with E-state index in [4.69, 9.17) is 24.9 Å². The van der Waals surface area contributed by atoms with E-state index in [1.807, 2.05) is 84.9 Å². The second-order valence-electron chi connectivity index (χ2n) is 23.9. The van der Waals surface area contributed by atoms with Crippen molar-refractivity contribution in [3.8, 4) is 96.0 Å². The van der Waals surface area contributed by atoms with E-state index in [1.54, 1.807) is 0 Å². The van der Waals surface area contributed by atoms with Crippen LogP contribution in [0.25, 0.3) is 118 Å². The minimum atomic E-state index is -0.0218. The van der Waals surface area contributed by atoms with Gasteiger partial charge in [-0.25, -0.2) is 24.9 Å². The zero-order chi connectivity index (χ0) is 62.1. The van der Waals surface area contributed by atoms with E-state index in [0.717, 1.165) is 112 Å².